The number of rotatable bonds is 5. The van der Waals surface area contributed by atoms with Crippen molar-refractivity contribution in [3.8, 4) is 0 Å². The molecule has 0 aliphatic carbocycles. The molecule has 27 heavy (non-hydrogen) atoms. The smallest absolute Gasteiger partial charge is 0.229 e. The second-order valence-electron chi connectivity index (χ2n) is 7.30. The average molecular weight is 358 g/mol. The molecule has 0 bridgehead atoms. The van der Waals surface area contributed by atoms with Crippen LogP contribution in [0.5, 0.6) is 0 Å². The third kappa shape index (κ3) is 4.64. The minimum atomic E-state index is 0.669. The zero-order valence-corrected chi connectivity index (χ0v) is 15.8. The van der Waals surface area contributed by atoms with Crippen LogP contribution in [0.1, 0.15) is 24.1 Å². The molecule has 0 unspecified atom stereocenters. The lowest BCUT2D eigenvalue weighted by Gasteiger charge is -2.33. The Morgan fingerprint density at radius 2 is 1.59 bits per heavy atom. The van der Waals surface area contributed by atoms with Gasteiger partial charge in [0.2, 0.25) is 5.95 Å². The summed E-state index contributed by atoms with van der Waals surface area (Å²) in [5, 5.41) is 3.32. The zero-order valence-electron chi connectivity index (χ0n) is 15.8. The van der Waals surface area contributed by atoms with Crippen LogP contribution in [0, 0.1) is 12.8 Å². The van der Waals surface area contributed by atoms with Gasteiger partial charge in [-0.2, -0.15) is 4.98 Å². The summed E-state index contributed by atoms with van der Waals surface area (Å²) in [7, 11) is 0. The van der Waals surface area contributed by atoms with Crippen LogP contribution < -0.4 is 10.2 Å². The highest BCUT2D eigenvalue weighted by molar-refractivity contribution is 5.55. The lowest BCUT2D eigenvalue weighted by molar-refractivity contribution is 0.402. The summed E-state index contributed by atoms with van der Waals surface area (Å²) >= 11 is 0. The molecule has 1 aliphatic rings. The van der Waals surface area contributed by atoms with Crippen molar-refractivity contribution in [3.63, 3.8) is 0 Å². The van der Waals surface area contributed by atoms with Crippen LogP contribution in [0.2, 0.25) is 0 Å². The third-order valence-corrected chi connectivity index (χ3v) is 5.18. The number of benzene rings is 2. The Kier molecular flexibility index (Phi) is 5.33. The fourth-order valence-corrected chi connectivity index (χ4v) is 3.73. The molecule has 2 heterocycles. The maximum Gasteiger partial charge on any atom is 0.229 e. The molecule has 1 aliphatic heterocycles. The number of aryl methyl sites for hydroxylation is 1. The van der Waals surface area contributed by atoms with Gasteiger partial charge in [-0.15, -0.1) is 0 Å². The Morgan fingerprint density at radius 3 is 2.30 bits per heavy atom. The van der Waals surface area contributed by atoms with Gasteiger partial charge in [0.25, 0.3) is 0 Å². The van der Waals surface area contributed by atoms with E-state index < -0.39 is 0 Å². The standard InChI is InChI=1S/C23H26N4/c1-18-16-22(26-23(24-18)25-21-10-6-3-7-11-21)27-14-12-20(13-15-27)17-19-8-4-2-5-9-19/h2-11,16,20H,12-15,17H2,1H3,(H,24,25,26). The SMILES string of the molecule is Cc1cc(N2CCC(Cc3ccccc3)CC2)nc(Nc2ccccc2)n1. The summed E-state index contributed by atoms with van der Waals surface area (Å²) in [6, 6.07) is 23.0. The minimum absolute atomic E-state index is 0.669. The molecule has 1 aromatic heterocycles. The Bertz CT molecular complexity index is 856. The van der Waals surface area contributed by atoms with Crippen molar-refractivity contribution in [1.29, 1.82) is 0 Å². The van der Waals surface area contributed by atoms with Gasteiger partial charge in [-0.1, -0.05) is 48.5 Å². The molecule has 138 valence electrons. The molecule has 4 heteroatoms. The minimum Gasteiger partial charge on any atom is -0.356 e. The molecule has 4 nitrogen and oxygen atoms in total. The molecular formula is C23H26N4. The summed E-state index contributed by atoms with van der Waals surface area (Å²) in [6.07, 6.45) is 3.59. The molecule has 3 aromatic rings. The van der Waals surface area contributed by atoms with Crippen LogP contribution in [0.25, 0.3) is 0 Å². The molecule has 4 rings (SSSR count). The van der Waals surface area contributed by atoms with Crippen molar-refractivity contribution < 1.29 is 0 Å². The van der Waals surface area contributed by atoms with Gasteiger partial charge in [0, 0.05) is 30.5 Å². The molecule has 1 saturated heterocycles. The van der Waals surface area contributed by atoms with Gasteiger partial charge in [-0.05, 0) is 49.8 Å². The summed E-state index contributed by atoms with van der Waals surface area (Å²) in [5.74, 6) is 2.45. The molecule has 0 radical (unpaired) electrons. The first-order chi connectivity index (χ1) is 13.3. The Balaban J connectivity index is 1.40. The number of para-hydroxylation sites is 1. The maximum absolute atomic E-state index is 4.77. The van der Waals surface area contributed by atoms with Crippen LogP contribution in [-0.2, 0) is 6.42 Å². The molecule has 0 amide bonds. The van der Waals surface area contributed by atoms with E-state index in [0.29, 0.717) is 5.95 Å². The summed E-state index contributed by atoms with van der Waals surface area (Å²) in [6.45, 7) is 4.14. The van der Waals surface area contributed by atoms with Crippen LogP contribution >= 0.6 is 0 Å². The fraction of sp³-hybridized carbons (Fsp3) is 0.304. The lowest BCUT2D eigenvalue weighted by atomic mass is 9.90. The predicted octanol–water partition coefficient (Wildman–Crippen LogP) is 4.99. The van der Waals surface area contributed by atoms with E-state index in [9.17, 15) is 0 Å². The highest BCUT2D eigenvalue weighted by Crippen LogP contribution is 2.26. The maximum atomic E-state index is 4.77. The number of nitrogens with one attached hydrogen (secondary N) is 1. The Hall–Kier alpha value is -2.88. The van der Waals surface area contributed by atoms with E-state index in [-0.39, 0.29) is 0 Å². The van der Waals surface area contributed by atoms with Crippen molar-refractivity contribution in [2.45, 2.75) is 26.2 Å². The van der Waals surface area contributed by atoms with E-state index in [2.05, 4.69) is 51.6 Å². The van der Waals surface area contributed by atoms with Gasteiger partial charge in [0.1, 0.15) is 5.82 Å². The fourth-order valence-electron chi connectivity index (χ4n) is 3.73. The van der Waals surface area contributed by atoms with Gasteiger partial charge in [-0.3, -0.25) is 0 Å². The van der Waals surface area contributed by atoms with Crippen molar-refractivity contribution in [2.75, 3.05) is 23.3 Å². The van der Waals surface area contributed by atoms with Crippen molar-refractivity contribution >= 4 is 17.5 Å². The van der Waals surface area contributed by atoms with Crippen LogP contribution in [0.4, 0.5) is 17.5 Å². The molecule has 0 spiro atoms. The van der Waals surface area contributed by atoms with Gasteiger partial charge >= 0.3 is 0 Å². The number of nitrogens with zero attached hydrogens (tertiary/aromatic N) is 3. The largest absolute Gasteiger partial charge is 0.356 e. The van der Waals surface area contributed by atoms with Crippen molar-refractivity contribution in [2.24, 2.45) is 5.92 Å². The van der Waals surface area contributed by atoms with Gasteiger partial charge in [-0.25, -0.2) is 4.98 Å². The number of piperidine rings is 1. The Labute approximate surface area is 161 Å². The average Bonchev–Trinajstić information content (AvgIpc) is 2.70. The first-order valence-corrected chi connectivity index (χ1v) is 9.73. The highest BCUT2D eigenvalue weighted by Gasteiger charge is 2.21. The van der Waals surface area contributed by atoms with Crippen LogP contribution in [-0.4, -0.2) is 23.1 Å². The van der Waals surface area contributed by atoms with Crippen molar-refractivity contribution in [3.05, 3.63) is 78.0 Å². The molecule has 0 saturated carbocycles. The van der Waals surface area contributed by atoms with E-state index in [1.807, 2.05) is 37.3 Å². The topological polar surface area (TPSA) is 41.1 Å². The molecule has 2 aromatic carbocycles. The van der Waals surface area contributed by atoms with Gasteiger partial charge < -0.3 is 10.2 Å². The monoisotopic (exact) mass is 358 g/mol. The second kappa shape index (κ2) is 8.21. The first kappa shape index (κ1) is 17.5. The summed E-state index contributed by atoms with van der Waals surface area (Å²) in [5.41, 5.74) is 3.45. The van der Waals surface area contributed by atoms with E-state index in [4.69, 9.17) is 4.98 Å². The summed E-state index contributed by atoms with van der Waals surface area (Å²) < 4.78 is 0. The number of hydrogen-bond acceptors (Lipinski definition) is 4. The van der Waals surface area contributed by atoms with Crippen LogP contribution in [0.3, 0.4) is 0 Å². The molecule has 0 atom stereocenters. The number of aromatic nitrogens is 2. The van der Waals surface area contributed by atoms with Crippen LogP contribution in [0.15, 0.2) is 66.7 Å². The normalized spacial score (nSPS) is 14.9. The van der Waals surface area contributed by atoms with E-state index in [0.717, 1.165) is 36.2 Å². The lowest BCUT2D eigenvalue weighted by Crippen LogP contribution is -2.35. The van der Waals surface area contributed by atoms with E-state index in [1.54, 1.807) is 0 Å². The van der Waals surface area contributed by atoms with E-state index >= 15 is 0 Å². The third-order valence-electron chi connectivity index (χ3n) is 5.18. The zero-order chi connectivity index (χ0) is 18.5. The van der Waals surface area contributed by atoms with E-state index in [1.165, 1.54) is 24.8 Å². The first-order valence-electron chi connectivity index (χ1n) is 9.73. The summed E-state index contributed by atoms with van der Waals surface area (Å²) in [4.78, 5) is 11.7. The van der Waals surface area contributed by atoms with Gasteiger partial charge in [0.05, 0.1) is 0 Å². The number of anilines is 3. The molecule has 1 fully saturated rings. The predicted molar refractivity (Wildman–Crippen MR) is 112 cm³/mol. The molecule has 1 N–H and O–H groups in total. The quantitative estimate of drug-likeness (QED) is 0.698. The van der Waals surface area contributed by atoms with Crippen molar-refractivity contribution in [1.82, 2.24) is 9.97 Å². The highest BCUT2D eigenvalue weighted by atomic mass is 15.2. The molecular weight excluding hydrogens is 332 g/mol. The Morgan fingerprint density at radius 1 is 0.926 bits per heavy atom. The number of hydrogen-bond donors (Lipinski definition) is 1. The second-order valence-corrected chi connectivity index (χ2v) is 7.30. The van der Waals surface area contributed by atoms with Gasteiger partial charge in [0.15, 0.2) is 0 Å².